The number of ether oxygens (including phenoxy) is 5. The van der Waals surface area contributed by atoms with Gasteiger partial charge in [-0.05, 0) is 12.8 Å². The van der Waals surface area contributed by atoms with Crippen LogP contribution in [-0.4, -0.2) is 79.9 Å². The Morgan fingerprint density at radius 2 is 1.45 bits per heavy atom. The molecule has 0 saturated carbocycles. The fourth-order valence-electron chi connectivity index (χ4n) is 3.63. The van der Waals surface area contributed by atoms with Crippen molar-refractivity contribution in [2.75, 3.05) is 20.3 Å². The first-order valence-corrected chi connectivity index (χ1v) is 11.3. The number of carbonyl (C=O) groups excluding carboxylic acids is 4. The summed E-state index contributed by atoms with van der Waals surface area (Å²) in [4.78, 5) is 46.1. The topological polar surface area (TPSA) is 147 Å². The van der Waals surface area contributed by atoms with Crippen LogP contribution in [0.3, 0.4) is 0 Å². The summed E-state index contributed by atoms with van der Waals surface area (Å²) in [5, 5.41) is 12.4. The van der Waals surface area contributed by atoms with Crippen molar-refractivity contribution in [1.29, 1.82) is 0 Å². The Morgan fingerprint density at radius 3 is 2.00 bits per heavy atom. The number of hydrogen-bond donors (Lipinski definition) is 2. The van der Waals surface area contributed by atoms with Crippen molar-refractivity contribution < 1.29 is 48.0 Å². The molecule has 1 amide bonds. The molecule has 2 N–H and O–H groups in total. The quantitative estimate of drug-likeness (QED) is 0.212. The number of unbranched alkanes of at least 4 members (excludes halogenated alkanes) is 5. The van der Waals surface area contributed by atoms with Gasteiger partial charge in [-0.1, -0.05) is 25.7 Å². The highest BCUT2D eigenvalue weighted by atomic mass is 16.7. The van der Waals surface area contributed by atoms with Crippen LogP contribution in [0.15, 0.2) is 0 Å². The number of aliphatic hydroxyl groups is 1. The molecular formula is C22H37NO10. The number of methoxy groups -OCH3 is 1. The zero-order valence-corrected chi connectivity index (χ0v) is 19.9. The Morgan fingerprint density at radius 1 is 0.879 bits per heavy atom. The standard InChI is InChI=1S/C22H37NO10/c1-14(25)23-19-21(32-16(3)27)20(31-15(2)26)17(13-24)33-22(19)30-12-10-8-6-5-7-9-11-18(28)29-4/h17,19-22,24H,5-13H2,1-4H3,(H,23,25)/t17-,19-,20-,21-,22-/m1/s1. The minimum absolute atomic E-state index is 0.200. The van der Waals surface area contributed by atoms with Crippen molar-refractivity contribution in [3.63, 3.8) is 0 Å². The Balaban J connectivity index is 2.65. The molecule has 190 valence electrons. The highest BCUT2D eigenvalue weighted by molar-refractivity contribution is 5.73. The number of carbonyl (C=O) groups is 4. The molecule has 11 nitrogen and oxygen atoms in total. The van der Waals surface area contributed by atoms with E-state index in [0.29, 0.717) is 13.0 Å². The van der Waals surface area contributed by atoms with E-state index in [-0.39, 0.29) is 5.97 Å². The van der Waals surface area contributed by atoms with Gasteiger partial charge in [-0.25, -0.2) is 0 Å². The van der Waals surface area contributed by atoms with Gasteiger partial charge in [-0.15, -0.1) is 0 Å². The second kappa shape index (κ2) is 15.6. The molecule has 1 heterocycles. The molecule has 5 atom stereocenters. The van der Waals surface area contributed by atoms with Gasteiger partial charge in [0.2, 0.25) is 5.91 Å². The number of hydrogen-bond acceptors (Lipinski definition) is 10. The van der Waals surface area contributed by atoms with Crippen LogP contribution in [0.5, 0.6) is 0 Å². The van der Waals surface area contributed by atoms with Crippen LogP contribution in [0.25, 0.3) is 0 Å². The normalized spacial score (nSPS) is 24.6. The predicted molar refractivity (Wildman–Crippen MR) is 115 cm³/mol. The largest absolute Gasteiger partial charge is 0.469 e. The monoisotopic (exact) mass is 475 g/mol. The minimum Gasteiger partial charge on any atom is -0.469 e. The number of rotatable bonds is 14. The fraction of sp³-hybridized carbons (Fsp3) is 0.818. The Labute approximate surface area is 194 Å². The second-order valence-electron chi connectivity index (χ2n) is 7.92. The van der Waals surface area contributed by atoms with Gasteiger partial charge in [0.25, 0.3) is 0 Å². The third-order valence-corrected chi connectivity index (χ3v) is 5.09. The molecule has 1 rings (SSSR count). The van der Waals surface area contributed by atoms with E-state index in [2.05, 4.69) is 10.1 Å². The predicted octanol–water partition coefficient (Wildman–Crippen LogP) is 0.992. The lowest BCUT2D eigenvalue weighted by molar-refractivity contribution is -0.276. The maximum atomic E-state index is 11.8. The number of amides is 1. The SMILES string of the molecule is COC(=O)CCCCCCCCO[C@@H]1O[C@H](CO)[C@@H](OC(C)=O)[C@H](OC(C)=O)[C@H]1NC(C)=O. The fourth-order valence-corrected chi connectivity index (χ4v) is 3.63. The summed E-state index contributed by atoms with van der Waals surface area (Å²) in [5.74, 6) is -1.90. The van der Waals surface area contributed by atoms with Crippen LogP contribution in [-0.2, 0) is 42.9 Å². The van der Waals surface area contributed by atoms with E-state index in [1.807, 2.05) is 0 Å². The lowest BCUT2D eigenvalue weighted by Crippen LogP contribution is -2.66. The highest BCUT2D eigenvalue weighted by Gasteiger charge is 2.50. The maximum absolute atomic E-state index is 11.8. The Bertz CT molecular complexity index is 641. The van der Waals surface area contributed by atoms with Gasteiger partial charge in [0.15, 0.2) is 18.5 Å². The van der Waals surface area contributed by atoms with Gasteiger partial charge in [-0.2, -0.15) is 0 Å². The maximum Gasteiger partial charge on any atom is 0.305 e. The molecule has 1 fully saturated rings. The van der Waals surface area contributed by atoms with Gasteiger partial charge >= 0.3 is 17.9 Å². The summed E-state index contributed by atoms with van der Waals surface area (Å²) < 4.78 is 26.8. The molecule has 1 saturated heterocycles. The summed E-state index contributed by atoms with van der Waals surface area (Å²) in [6.07, 6.45) is 1.50. The molecule has 11 heteroatoms. The lowest BCUT2D eigenvalue weighted by Gasteiger charge is -2.44. The van der Waals surface area contributed by atoms with Crippen LogP contribution in [0.4, 0.5) is 0 Å². The van der Waals surface area contributed by atoms with Gasteiger partial charge < -0.3 is 34.1 Å². The molecule has 0 aliphatic carbocycles. The number of esters is 3. The van der Waals surface area contributed by atoms with E-state index < -0.39 is 55.1 Å². The van der Waals surface area contributed by atoms with Gasteiger partial charge in [0, 0.05) is 33.8 Å². The van der Waals surface area contributed by atoms with Gasteiger partial charge in [0.1, 0.15) is 12.1 Å². The third kappa shape index (κ3) is 11.0. The molecule has 0 aromatic rings. The third-order valence-electron chi connectivity index (χ3n) is 5.09. The molecule has 1 aliphatic heterocycles. The first-order chi connectivity index (χ1) is 15.7. The van der Waals surface area contributed by atoms with E-state index in [1.165, 1.54) is 27.9 Å². The van der Waals surface area contributed by atoms with Crippen LogP contribution < -0.4 is 5.32 Å². The summed E-state index contributed by atoms with van der Waals surface area (Å²) in [5.41, 5.74) is 0. The molecule has 0 radical (unpaired) electrons. The second-order valence-corrected chi connectivity index (χ2v) is 7.92. The summed E-state index contributed by atoms with van der Waals surface area (Å²) in [6.45, 7) is 3.48. The zero-order chi connectivity index (χ0) is 24.8. The van der Waals surface area contributed by atoms with Crippen molar-refractivity contribution in [3.8, 4) is 0 Å². The molecule has 0 aromatic heterocycles. The van der Waals surface area contributed by atoms with Crippen LogP contribution >= 0.6 is 0 Å². The highest BCUT2D eigenvalue weighted by Crippen LogP contribution is 2.27. The average molecular weight is 476 g/mol. The number of nitrogens with one attached hydrogen (secondary N) is 1. The van der Waals surface area contributed by atoms with E-state index >= 15 is 0 Å². The van der Waals surface area contributed by atoms with E-state index in [9.17, 15) is 24.3 Å². The van der Waals surface area contributed by atoms with E-state index in [0.717, 1.165) is 38.5 Å². The minimum atomic E-state index is -1.11. The summed E-state index contributed by atoms with van der Waals surface area (Å²) >= 11 is 0. The van der Waals surface area contributed by atoms with Gasteiger partial charge in [-0.3, -0.25) is 19.2 Å². The molecule has 0 bridgehead atoms. The zero-order valence-electron chi connectivity index (χ0n) is 19.9. The first kappa shape index (κ1) is 28.8. The Hall–Kier alpha value is -2.24. The lowest BCUT2D eigenvalue weighted by atomic mass is 9.96. The number of aliphatic hydroxyl groups excluding tert-OH is 1. The van der Waals surface area contributed by atoms with E-state index in [1.54, 1.807) is 0 Å². The van der Waals surface area contributed by atoms with E-state index in [4.69, 9.17) is 18.9 Å². The molecule has 1 aliphatic rings. The van der Waals surface area contributed by atoms with Crippen molar-refractivity contribution >= 4 is 23.8 Å². The first-order valence-electron chi connectivity index (χ1n) is 11.3. The van der Waals surface area contributed by atoms with Crippen molar-refractivity contribution in [3.05, 3.63) is 0 Å². The van der Waals surface area contributed by atoms with Crippen LogP contribution in [0.1, 0.15) is 65.7 Å². The van der Waals surface area contributed by atoms with Crippen LogP contribution in [0.2, 0.25) is 0 Å². The molecule has 33 heavy (non-hydrogen) atoms. The van der Waals surface area contributed by atoms with Gasteiger partial charge in [0.05, 0.1) is 13.7 Å². The van der Waals surface area contributed by atoms with Crippen molar-refractivity contribution in [2.45, 2.75) is 96.4 Å². The average Bonchev–Trinajstić information content (AvgIpc) is 2.74. The molecule has 0 aromatic carbocycles. The van der Waals surface area contributed by atoms with Crippen LogP contribution in [0, 0.1) is 0 Å². The molecular weight excluding hydrogens is 438 g/mol. The van der Waals surface area contributed by atoms with Crippen molar-refractivity contribution in [2.24, 2.45) is 0 Å². The smallest absolute Gasteiger partial charge is 0.305 e. The molecule has 0 unspecified atom stereocenters. The molecule has 0 spiro atoms. The van der Waals surface area contributed by atoms with Crippen molar-refractivity contribution in [1.82, 2.24) is 5.32 Å². The summed E-state index contributed by atoms with van der Waals surface area (Å²) in [7, 11) is 1.38. The Kier molecular flexibility index (Phi) is 13.6. The summed E-state index contributed by atoms with van der Waals surface area (Å²) in [6, 6.07) is -0.933.